The van der Waals surface area contributed by atoms with Crippen molar-refractivity contribution in [3.63, 3.8) is 0 Å². The van der Waals surface area contributed by atoms with Gasteiger partial charge in [-0.3, -0.25) is 0 Å². The van der Waals surface area contributed by atoms with Gasteiger partial charge in [-0.1, -0.05) is 6.07 Å². The Balaban J connectivity index is 1.82. The SMILES string of the molecule is Nc1ccc(OCCOc2c(F)cccc2F)cc1. The minimum absolute atomic E-state index is 0.0439. The van der Waals surface area contributed by atoms with Crippen LogP contribution in [0.2, 0.25) is 0 Å². The Kier molecular flexibility index (Phi) is 4.18. The van der Waals surface area contributed by atoms with E-state index < -0.39 is 11.6 Å². The van der Waals surface area contributed by atoms with Crippen LogP contribution in [0.5, 0.6) is 11.5 Å². The maximum Gasteiger partial charge on any atom is 0.190 e. The molecule has 3 nitrogen and oxygen atoms in total. The maximum atomic E-state index is 13.2. The second kappa shape index (κ2) is 6.04. The third kappa shape index (κ3) is 3.58. The zero-order valence-corrected chi connectivity index (χ0v) is 10.1. The van der Waals surface area contributed by atoms with E-state index in [9.17, 15) is 8.78 Å². The molecule has 0 aromatic heterocycles. The number of hydrogen-bond donors (Lipinski definition) is 1. The molecule has 2 aromatic rings. The highest BCUT2D eigenvalue weighted by molar-refractivity contribution is 5.41. The van der Waals surface area contributed by atoms with Crippen LogP contribution in [0.1, 0.15) is 0 Å². The molecular weight excluding hydrogens is 252 g/mol. The molecule has 19 heavy (non-hydrogen) atoms. The van der Waals surface area contributed by atoms with Crippen molar-refractivity contribution in [3.05, 3.63) is 54.1 Å². The van der Waals surface area contributed by atoms with Crippen molar-refractivity contribution in [3.8, 4) is 11.5 Å². The smallest absolute Gasteiger partial charge is 0.190 e. The van der Waals surface area contributed by atoms with Crippen LogP contribution >= 0.6 is 0 Å². The minimum Gasteiger partial charge on any atom is -0.490 e. The lowest BCUT2D eigenvalue weighted by Crippen LogP contribution is -2.10. The van der Waals surface area contributed by atoms with E-state index in [1.807, 2.05) is 0 Å². The zero-order valence-electron chi connectivity index (χ0n) is 10.1. The predicted octanol–water partition coefficient (Wildman–Crippen LogP) is 3.00. The van der Waals surface area contributed by atoms with Crippen LogP contribution in [0.3, 0.4) is 0 Å². The topological polar surface area (TPSA) is 44.5 Å². The normalized spacial score (nSPS) is 10.2. The molecule has 0 heterocycles. The number of nitrogens with two attached hydrogens (primary N) is 1. The Labute approximate surface area is 109 Å². The molecule has 0 aliphatic heterocycles. The van der Waals surface area contributed by atoms with Crippen molar-refractivity contribution in [1.82, 2.24) is 0 Å². The van der Waals surface area contributed by atoms with Crippen molar-refractivity contribution >= 4 is 5.69 Å². The summed E-state index contributed by atoms with van der Waals surface area (Å²) in [6.45, 7) is 0.222. The van der Waals surface area contributed by atoms with Crippen LogP contribution in [-0.2, 0) is 0 Å². The van der Waals surface area contributed by atoms with Crippen LogP contribution in [0.25, 0.3) is 0 Å². The largest absolute Gasteiger partial charge is 0.490 e. The molecule has 0 aliphatic carbocycles. The van der Waals surface area contributed by atoms with Crippen LogP contribution in [0.4, 0.5) is 14.5 Å². The van der Waals surface area contributed by atoms with Crippen molar-refractivity contribution in [2.75, 3.05) is 18.9 Å². The predicted molar refractivity (Wildman–Crippen MR) is 68.2 cm³/mol. The molecule has 2 aromatic carbocycles. The lowest BCUT2D eigenvalue weighted by Gasteiger charge is -2.09. The fourth-order valence-corrected chi connectivity index (χ4v) is 1.49. The third-order valence-corrected chi connectivity index (χ3v) is 2.40. The maximum absolute atomic E-state index is 13.2. The molecule has 0 amide bonds. The second-order valence-electron chi connectivity index (χ2n) is 3.82. The Morgan fingerprint density at radius 2 is 1.42 bits per heavy atom. The average Bonchev–Trinajstić information content (AvgIpc) is 2.39. The molecule has 0 bridgehead atoms. The lowest BCUT2D eigenvalue weighted by molar-refractivity contribution is 0.205. The molecule has 0 radical (unpaired) electrons. The molecule has 0 spiro atoms. The Morgan fingerprint density at radius 3 is 2.05 bits per heavy atom. The zero-order chi connectivity index (χ0) is 13.7. The summed E-state index contributed by atoms with van der Waals surface area (Å²) in [5.41, 5.74) is 6.16. The van der Waals surface area contributed by atoms with Gasteiger partial charge < -0.3 is 15.2 Å². The molecule has 0 saturated heterocycles. The average molecular weight is 265 g/mol. The fourth-order valence-electron chi connectivity index (χ4n) is 1.49. The first-order valence-corrected chi connectivity index (χ1v) is 5.72. The number of benzene rings is 2. The summed E-state index contributed by atoms with van der Waals surface area (Å²) in [4.78, 5) is 0. The molecular formula is C14H13F2NO2. The molecule has 2 N–H and O–H groups in total. The van der Waals surface area contributed by atoms with Crippen LogP contribution in [0.15, 0.2) is 42.5 Å². The lowest BCUT2D eigenvalue weighted by atomic mass is 10.3. The highest BCUT2D eigenvalue weighted by Crippen LogP contribution is 2.20. The van der Waals surface area contributed by atoms with E-state index in [0.29, 0.717) is 11.4 Å². The molecule has 0 aliphatic rings. The first-order valence-electron chi connectivity index (χ1n) is 5.72. The first-order chi connectivity index (χ1) is 9.16. The van der Waals surface area contributed by atoms with Gasteiger partial charge in [0.1, 0.15) is 19.0 Å². The molecule has 0 unspecified atom stereocenters. The van der Waals surface area contributed by atoms with Crippen LogP contribution in [0, 0.1) is 11.6 Å². The number of anilines is 1. The van der Waals surface area contributed by atoms with Gasteiger partial charge in [0, 0.05) is 5.69 Å². The van der Waals surface area contributed by atoms with Gasteiger partial charge in [0.25, 0.3) is 0 Å². The number of nitrogen functional groups attached to an aromatic ring is 1. The summed E-state index contributed by atoms with van der Waals surface area (Å²) in [6.07, 6.45) is 0. The first kappa shape index (κ1) is 13.1. The summed E-state index contributed by atoms with van der Waals surface area (Å²) in [7, 11) is 0. The standard InChI is InChI=1S/C14H13F2NO2/c15-12-2-1-3-13(16)14(12)19-9-8-18-11-6-4-10(17)5-7-11/h1-7H,8-9,17H2. The van der Waals surface area contributed by atoms with Crippen molar-refractivity contribution < 1.29 is 18.3 Å². The van der Waals surface area contributed by atoms with E-state index in [4.69, 9.17) is 15.2 Å². The van der Waals surface area contributed by atoms with Gasteiger partial charge in [-0.15, -0.1) is 0 Å². The molecule has 0 atom stereocenters. The summed E-state index contributed by atoms with van der Waals surface area (Å²) >= 11 is 0. The summed E-state index contributed by atoms with van der Waals surface area (Å²) in [5.74, 6) is -1.23. The highest BCUT2D eigenvalue weighted by atomic mass is 19.1. The van der Waals surface area contributed by atoms with Gasteiger partial charge in [0.15, 0.2) is 17.4 Å². The molecule has 100 valence electrons. The van der Waals surface area contributed by atoms with E-state index in [1.165, 1.54) is 6.07 Å². The number of ether oxygens (including phenoxy) is 2. The molecule has 0 saturated carbocycles. The summed E-state index contributed by atoms with van der Waals surface area (Å²) in [6, 6.07) is 10.4. The van der Waals surface area contributed by atoms with E-state index in [2.05, 4.69) is 0 Å². The van der Waals surface area contributed by atoms with E-state index in [-0.39, 0.29) is 19.0 Å². The Morgan fingerprint density at radius 1 is 0.842 bits per heavy atom. The van der Waals surface area contributed by atoms with Gasteiger partial charge in [0.2, 0.25) is 0 Å². The number of halogens is 2. The van der Waals surface area contributed by atoms with Gasteiger partial charge in [0.05, 0.1) is 0 Å². The Bertz CT molecular complexity index is 523. The van der Waals surface area contributed by atoms with Crippen LogP contribution < -0.4 is 15.2 Å². The quantitative estimate of drug-likeness (QED) is 0.667. The highest BCUT2D eigenvalue weighted by Gasteiger charge is 2.09. The second-order valence-corrected chi connectivity index (χ2v) is 3.82. The molecule has 5 heteroatoms. The van der Waals surface area contributed by atoms with Crippen molar-refractivity contribution in [2.24, 2.45) is 0 Å². The number of rotatable bonds is 5. The van der Waals surface area contributed by atoms with Gasteiger partial charge in [-0.25, -0.2) is 8.78 Å². The minimum atomic E-state index is -0.729. The van der Waals surface area contributed by atoms with Gasteiger partial charge >= 0.3 is 0 Å². The summed E-state index contributed by atoms with van der Waals surface area (Å²) in [5, 5.41) is 0. The number of para-hydroxylation sites is 1. The molecule has 2 rings (SSSR count). The van der Waals surface area contributed by atoms with Crippen molar-refractivity contribution in [1.29, 1.82) is 0 Å². The third-order valence-electron chi connectivity index (χ3n) is 2.40. The van der Waals surface area contributed by atoms with E-state index in [1.54, 1.807) is 24.3 Å². The van der Waals surface area contributed by atoms with Gasteiger partial charge in [-0.2, -0.15) is 0 Å². The van der Waals surface area contributed by atoms with Crippen molar-refractivity contribution in [2.45, 2.75) is 0 Å². The molecule has 0 fully saturated rings. The summed E-state index contributed by atoms with van der Waals surface area (Å²) < 4.78 is 36.8. The number of hydrogen-bond acceptors (Lipinski definition) is 3. The Hall–Kier alpha value is -2.30. The monoisotopic (exact) mass is 265 g/mol. The van der Waals surface area contributed by atoms with E-state index >= 15 is 0 Å². The van der Waals surface area contributed by atoms with Gasteiger partial charge in [-0.05, 0) is 36.4 Å². The van der Waals surface area contributed by atoms with Crippen LogP contribution in [-0.4, -0.2) is 13.2 Å². The van der Waals surface area contributed by atoms with E-state index in [0.717, 1.165) is 12.1 Å². The fraction of sp³-hybridized carbons (Fsp3) is 0.143.